The number of hydrogen-bond donors (Lipinski definition) is 2. The number of alkyl halides is 3. The minimum atomic E-state index is -4.36. The summed E-state index contributed by atoms with van der Waals surface area (Å²) in [4.78, 5) is 11.8. The molecule has 0 saturated carbocycles. The minimum Gasteiger partial charge on any atom is -0.348 e. The van der Waals surface area contributed by atoms with Gasteiger partial charge in [0.15, 0.2) is 0 Å². The van der Waals surface area contributed by atoms with Gasteiger partial charge in [-0.05, 0) is 30.5 Å². The number of carbonyl (C=O) groups excluding carboxylic acids is 1. The van der Waals surface area contributed by atoms with E-state index in [0.29, 0.717) is 5.56 Å². The summed E-state index contributed by atoms with van der Waals surface area (Å²) in [6.45, 7) is 5.35. The molecule has 1 amide bonds. The first-order valence-corrected chi connectivity index (χ1v) is 6.36. The smallest absolute Gasteiger partial charge is 0.348 e. The highest BCUT2D eigenvalue weighted by Crippen LogP contribution is 2.29. The zero-order valence-corrected chi connectivity index (χ0v) is 11.7. The molecule has 0 saturated heterocycles. The molecule has 0 aliphatic carbocycles. The van der Waals surface area contributed by atoms with E-state index in [2.05, 4.69) is 5.32 Å². The van der Waals surface area contributed by atoms with Crippen LogP contribution in [0.2, 0.25) is 0 Å². The number of halogens is 3. The Bertz CT molecular complexity index is 454. The minimum absolute atomic E-state index is 0.00481. The Labute approximate surface area is 116 Å². The summed E-state index contributed by atoms with van der Waals surface area (Å²) < 4.78 is 37.3. The van der Waals surface area contributed by atoms with Crippen molar-refractivity contribution in [1.29, 1.82) is 0 Å². The molecule has 0 aliphatic rings. The molecule has 2 unspecified atom stereocenters. The summed E-state index contributed by atoms with van der Waals surface area (Å²) in [5, 5.41) is 2.69. The van der Waals surface area contributed by atoms with Crippen molar-refractivity contribution in [3.8, 4) is 0 Å². The average Bonchev–Trinajstić information content (AvgIpc) is 2.36. The third-order valence-electron chi connectivity index (χ3n) is 3.12. The molecule has 3 nitrogen and oxygen atoms in total. The molecule has 6 heteroatoms. The maximum Gasteiger partial charge on any atom is 0.416 e. The van der Waals surface area contributed by atoms with Crippen LogP contribution in [0.25, 0.3) is 0 Å². The molecule has 0 aromatic heterocycles. The van der Waals surface area contributed by atoms with Gasteiger partial charge in [-0.25, -0.2) is 0 Å². The lowest BCUT2D eigenvalue weighted by Gasteiger charge is -2.20. The number of benzene rings is 1. The first kappa shape index (κ1) is 16.5. The Morgan fingerprint density at radius 2 is 1.65 bits per heavy atom. The van der Waals surface area contributed by atoms with Crippen LogP contribution in [0.15, 0.2) is 24.3 Å². The average molecular weight is 288 g/mol. The fourth-order valence-electron chi connectivity index (χ4n) is 1.66. The first-order valence-electron chi connectivity index (χ1n) is 6.36. The van der Waals surface area contributed by atoms with Gasteiger partial charge < -0.3 is 11.1 Å². The van der Waals surface area contributed by atoms with Gasteiger partial charge in [0.2, 0.25) is 5.91 Å². The quantitative estimate of drug-likeness (QED) is 0.895. The Morgan fingerprint density at radius 3 is 2.05 bits per heavy atom. The summed E-state index contributed by atoms with van der Waals surface area (Å²) in [5.41, 5.74) is 5.60. The van der Waals surface area contributed by atoms with Crippen molar-refractivity contribution in [3.63, 3.8) is 0 Å². The topological polar surface area (TPSA) is 55.1 Å². The maximum atomic E-state index is 12.4. The van der Waals surface area contributed by atoms with Gasteiger partial charge in [-0.2, -0.15) is 13.2 Å². The highest BCUT2D eigenvalue weighted by atomic mass is 19.4. The van der Waals surface area contributed by atoms with E-state index in [1.54, 1.807) is 6.92 Å². The molecule has 0 aliphatic heterocycles. The van der Waals surface area contributed by atoms with Crippen molar-refractivity contribution < 1.29 is 18.0 Å². The zero-order valence-electron chi connectivity index (χ0n) is 11.7. The lowest BCUT2D eigenvalue weighted by Crippen LogP contribution is -2.44. The number of rotatable bonds is 4. The molecule has 0 heterocycles. The van der Waals surface area contributed by atoms with Crippen molar-refractivity contribution in [3.05, 3.63) is 35.4 Å². The highest BCUT2D eigenvalue weighted by molar-refractivity contribution is 5.82. The normalized spacial score (nSPS) is 15.0. The van der Waals surface area contributed by atoms with E-state index in [4.69, 9.17) is 5.73 Å². The second-order valence-corrected chi connectivity index (χ2v) is 5.12. The number of amides is 1. The van der Waals surface area contributed by atoms with Crippen molar-refractivity contribution in [2.75, 3.05) is 0 Å². The largest absolute Gasteiger partial charge is 0.416 e. The van der Waals surface area contributed by atoms with E-state index in [-0.39, 0.29) is 11.8 Å². The first-order chi connectivity index (χ1) is 9.12. The fourth-order valence-corrected chi connectivity index (χ4v) is 1.66. The van der Waals surface area contributed by atoms with Crippen LogP contribution in [0.3, 0.4) is 0 Å². The Balaban J connectivity index is 2.74. The maximum absolute atomic E-state index is 12.4. The second-order valence-electron chi connectivity index (χ2n) is 5.12. The van der Waals surface area contributed by atoms with Gasteiger partial charge in [0, 0.05) is 0 Å². The van der Waals surface area contributed by atoms with E-state index in [1.165, 1.54) is 12.1 Å². The molecule has 2 atom stereocenters. The summed E-state index contributed by atoms with van der Waals surface area (Å²) in [7, 11) is 0. The Kier molecular flexibility index (Phi) is 5.16. The van der Waals surface area contributed by atoms with E-state index in [1.807, 2.05) is 13.8 Å². The third-order valence-corrected chi connectivity index (χ3v) is 3.12. The number of nitrogens with two attached hydrogens (primary N) is 1. The van der Waals surface area contributed by atoms with Crippen LogP contribution < -0.4 is 11.1 Å². The molecule has 112 valence electrons. The molecule has 3 N–H and O–H groups in total. The zero-order chi connectivity index (χ0) is 15.5. The Morgan fingerprint density at radius 1 is 1.15 bits per heavy atom. The molecule has 20 heavy (non-hydrogen) atoms. The summed E-state index contributed by atoms with van der Waals surface area (Å²) in [6.07, 6.45) is -4.36. The molecular weight excluding hydrogens is 269 g/mol. The van der Waals surface area contributed by atoms with Crippen LogP contribution >= 0.6 is 0 Å². The predicted molar refractivity (Wildman–Crippen MR) is 70.8 cm³/mol. The molecule has 0 radical (unpaired) electrons. The van der Waals surface area contributed by atoms with Crippen LogP contribution in [0.5, 0.6) is 0 Å². The van der Waals surface area contributed by atoms with Crippen LogP contribution in [0.1, 0.15) is 37.9 Å². The summed E-state index contributed by atoms with van der Waals surface area (Å²) >= 11 is 0. The summed E-state index contributed by atoms with van der Waals surface area (Å²) in [5.74, 6) is -0.317. The van der Waals surface area contributed by atoms with Crippen LogP contribution in [-0.2, 0) is 11.0 Å². The molecule has 1 aromatic rings. The van der Waals surface area contributed by atoms with Gasteiger partial charge in [0.1, 0.15) is 0 Å². The van der Waals surface area contributed by atoms with Gasteiger partial charge in [-0.3, -0.25) is 4.79 Å². The van der Waals surface area contributed by atoms with Gasteiger partial charge in [0.05, 0.1) is 17.6 Å². The predicted octanol–water partition coefficient (Wildman–Crippen LogP) is 2.87. The van der Waals surface area contributed by atoms with Crippen LogP contribution in [-0.4, -0.2) is 11.9 Å². The fraction of sp³-hybridized carbons (Fsp3) is 0.500. The van der Waals surface area contributed by atoms with Gasteiger partial charge in [-0.1, -0.05) is 26.0 Å². The lowest BCUT2D eigenvalue weighted by molar-refractivity contribution is -0.137. The number of carbonyl (C=O) groups is 1. The molecule has 0 bridgehead atoms. The highest BCUT2D eigenvalue weighted by Gasteiger charge is 2.30. The van der Waals surface area contributed by atoms with Gasteiger partial charge >= 0.3 is 6.18 Å². The van der Waals surface area contributed by atoms with Crippen molar-refractivity contribution in [2.45, 2.75) is 39.0 Å². The van der Waals surface area contributed by atoms with Crippen molar-refractivity contribution >= 4 is 5.91 Å². The third kappa shape index (κ3) is 4.23. The standard InChI is InChI=1S/C14H19F3N2O/c1-8(2)12(18)13(20)19-9(3)10-4-6-11(7-5-10)14(15,16)17/h4-9,12H,18H2,1-3H3,(H,19,20). The van der Waals surface area contributed by atoms with Crippen molar-refractivity contribution in [1.82, 2.24) is 5.32 Å². The van der Waals surface area contributed by atoms with Crippen LogP contribution in [0.4, 0.5) is 13.2 Å². The molecule has 0 fully saturated rings. The monoisotopic (exact) mass is 288 g/mol. The van der Waals surface area contributed by atoms with Gasteiger partial charge in [0.25, 0.3) is 0 Å². The van der Waals surface area contributed by atoms with Crippen molar-refractivity contribution in [2.24, 2.45) is 11.7 Å². The van der Waals surface area contributed by atoms with E-state index in [0.717, 1.165) is 12.1 Å². The number of nitrogens with one attached hydrogen (secondary N) is 1. The van der Waals surface area contributed by atoms with E-state index in [9.17, 15) is 18.0 Å². The molecule has 1 rings (SSSR count). The Hall–Kier alpha value is -1.56. The SMILES string of the molecule is CC(NC(=O)C(N)C(C)C)c1ccc(C(F)(F)F)cc1. The molecular formula is C14H19F3N2O. The van der Waals surface area contributed by atoms with Crippen LogP contribution in [0, 0.1) is 5.92 Å². The summed E-state index contributed by atoms with van der Waals surface area (Å²) in [6, 6.07) is 3.69. The lowest BCUT2D eigenvalue weighted by atomic mass is 10.0. The van der Waals surface area contributed by atoms with E-state index >= 15 is 0 Å². The van der Waals surface area contributed by atoms with Gasteiger partial charge in [-0.15, -0.1) is 0 Å². The second kappa shape index (κ2) is 6.26. The molecule has 1 aromatic carbocycles. The van der Waals surface area contributed by atoms with E-state index < -0.39 is 23.8 Å². The number of hydrogen-bond acceptors (Lipinski definition) is 2. The molecule has 0 spiro atoms.